The van der Waals surface area contributed by atoms with E-state index in [9.17, 15) is 4.79 Å². The zero-order valence-electron chi connectivity index (χ0n) is 12.1. The van der Waals surface area contributed by atoms with Crippen molar-refractivity contribution in [3.8, 4) is 0 Å². The van der Waals surface area contributed by atoms with Crippen LogP contribution in [-0.2, 0) is 16.1 Å². The molecule has 1 aromatic rings. The number of nitrogens with zero attached hydrogens (tertiary/aromatic N) is 1. The number of nitrogens with one attached hydrogen (secondary N) is 1. The Morgan fingerprint density at radius 2 is 2.30 bits per heavy atom. The maximum atomic E-state index is 11.3. The van der Waals surface area contributed by atoms with E-state index in [0.717, 1.165) is 13.1 Å². The summed E-state index contributed by atoms with van der Waals surface area (Å²) in [6.07, 6.45) is 3.38. The van der Waals surface area contributed by atoms with Gasteiger partial charge in [0.15, 0.2) is 0 Å². The zero-order chi connectivity index (χ0) is 14.4. The van der Waals surface area contributed by atoms with Crippen LogP contribution in [0.2, 0.25) is 0 Å². The van der Waals surface area contributed by atoms with Crippen LogP contribution in [0.5, 0.6) is 0 Å². The quantitative estimate of drug-likeness (QED) is 0.674. The molecule has 0 aliphatic carbocycles. The van der Waals surface area contributed by atoms with Crippen molar-refractivity contribution in [2.24, 2.45) is 0 Å². The molecule has 0 aromatic heterocycles. The molecule has 4 heteroatoms. The summed E-state index contributed by atoms with van der Waals surface area (Å²) in [5.41, 5.74) is 2.53. The highest BCUT2D eigenvalue weighted by Crippen LogP contribution is 2.23. The first-order valence-corrected chi connectivity index (χ1v) is 7.10. The lowest BCUT2D eigenvalue weighted by molar-refractivity contribution is -0.137. The fourth-order valence-electron chi connectivity index (χ4n) is 2.39. The molecule has 1 aromatic carbocycles. The fourth-order valence-corrected chi connectivity index (χ4v) is 2.39. The van der Waals surface area contributed by atoms with Crippen LogP contribution in [0.15, 0.2) is 36.4 Å². The lowest BCUT2D eigenvalue weighted by atomic mass is 10.1. The third-order valence-corrected chi connectivity index (χ3v) is 3.33. The highest BCUT2D eigenvalue weighted by molar-refractivity contribution is 5.82. The average molecular weight is 274 g/mol. The molecule has 1 aliphatic heterocycles. The molecule has 0 spiro atoms. The van der Waals surface area contributed by atoms with E-state index in [-0.39, 0.29) is 5.97 Å². The van der Waals surface area contributed by atoms with Gasteiger partial charge in [-0.25, -0.2) is 4.79 Å². The zero-order valence-corrected chi connectivity index (χ0v) is 12.1. The van der Waals surface area contributed by atoms with Crippen LogP contribution in [0.4, 0.5) is 5.69 Å². The molecule has 2 rings (SSSR count). The van der Waals surface area contributed by atoms with Gasteiger partial charge < -0.3 is 15.0 Å². The van der Waals surface area contributed by atoms with Gasteiger partial charge in [0, 0.05) is 37.4 Å². The van der Waals surface area contributed by atoms with Crippen LogP contribution in [0.1, 0.15) is 19.4 Å². The molecule has 0 radical (unpaired) electrons. The minimum absolute atomic E-state index is 0.276. The summed E-state index contributed by atoms with van der Waals surface area (Å²) in [6.45, 7) is 6.91. The predicted octanol–water partition coefficient (Wildman–Crippen LogP) is 2.10. The predicted molar refractivity (Wildman–Crippen MR) is 80.7 cm³/mol. The lowest BCUT2D eigenvalue weighted by Gasteiger charge is -2.25. The normalized spacial score (nSPS) is 18.7. The summed E-state index contributed by atoms with van der Waals surface area (Å²) in [4.78, 5) is 13.6. The number of para-hydroxylation sites is 1. The summed E-state index contributed by atoms with van der Waals surface area (Å²) < 4.78 is 4.89. The Balaban J connectivity index is 2.07. The SMILES string of the molecule is CCOC(=O)/C=C/CN1CC(C)NCc2ccccc21. The van der Waals surface area contributed by atoms with Crippen molar-refractivity contribution in [3.05, 3.63) is 42.0 Å². The minimum Gasteiger partial charge on any atom is -0.463 e. The Kier molecular flexibility index (Phi) is 5.18. The summed E-state index contributed by atoms with van der Waals surface area (Å²) in [6, 6.07) is 8.80. The maximum Gasteiger partial charge on any atom is 0.330 e. The number of anilines is 1. The second-order valence-electron chi connectivity index (χ2n) is 4.97. The van der Waals surface area contributed by atoms with Gasteiger partial charge in [0.2, 0.25) is 0 Å². The van der Waals surface area contributed by atoms with Crippen molar-refractivity contribution in [1.29, 1.82) is 0 Å². The van der Waals surface area contributed by atoms with E-state index < -0.39 is 0 Å². The minimum atomic E-state index is -0.276. The van der Waals surface area contributed by atoms with E-state index >= 15 is 0 Å². The second kappa shape index (κ2) is 7.10. The van der Waals surface area contributed by atoms with Crippen LogP contribution < -0.4 is 10.2 Å². The van der Waals surface area contributed by atoms with Gasteiger partial charge in [-0.3, -0.25) is 0 Å². The maximum absolute atomic E-state index is 11.3. The molecule has 1 heterocycles. The van der Waals surface area contributed by atoms with Gasteiger partial charge in [-0.2, -0.15) is 0 Å². The number of esters is 1. The summed E-state index contributed by atoms with van der Waals surface area (Å²) in [5, 5.41) is 3.49. The number of hydrogen-bond acceptors (Lipinski definition) is 4. The van der Waals surface area contributed by atoms with Gasteiger partial charge >= 0.3 is 5.97 Å². The number of benzene rings is 1. The van der Waals surface area contributed by atoms with Crippen molar-refractivity contribution in [1.82, 2.24) is 5.32 Å². The van der Waals surface area contributed by atoms with Gasteiger partial charge in [0.1, 0.15) is 0 Å². The van der Waals surface area contributed by atoms with Crippen LogP contribution >= 0.6 is 0 Å². The Morgan fingerprint density at radius 3 is 3.10 bits per heavy atom. The molecule has 1 atom stereocenters. The molecule has 0 saturated carbocycles. The van der Waals surface area contributed by atoms with Crippen LogP contribution in [0.3, 0.4) is 0 Å². The first-order chi connectivity index (χ1) is 9.70. The lowest BCUT2D eigenvalue weighted by Crippen LogP contribution is -2.36. The van der Waals surface area contributed by atoms with E-state index in [1.165, 1.54) is 17.3 Å². The van der Waals surface area contributed by atoms with E-state index in [0.29, 0.717) is 19.2 Å². The monoisotopic (exact) mass is 274 g/mol. The Bertz CT molecular complexity index is 485. The third kappa shape index (κ3) is 3.84. The molecule has 108 valence electrons. The molecule has 20 heavy (non-hydrogen) atoms. The van der Waals surface area contributed by atoms with Gasteiger partial charge in [0.05, 0.1) is 6.61 Å². The highest BCUT2D eigenvalue weighted by atomic mass is 16.5. The molecular formula is C16H22N2O2. The van der Waals surface area contributed by atoms with E-state index in [1.807, 2.05) is 13.0 Å². The molecule has 1 aliphatic rings. The first kappa shape index (κ1) is 14.6. The van der Waals surface area contributed by atoms with E-state index in [2.05, 4.69) is 41.4 Å². The third-order valence-electron chi connectivity index (χ3n) is 3.33. The Morgan fingerprint density at radius 1 is 1.50 bits per heavy atom. The second-order valence-corrected chi connectivity index (χ2v) is 4.97. The molecule has 1 N–H and O–H groups in total. The van der Waals surface area contributed by atoms with Crippen LogP contribution in [0.25, 0.3) is 0 Å². The number of carbonyl (C=O) groups excluding carboxylic acids is 1. The van der Waals surface area contributed by atoms with Crippen molar-refractivity contribution < 1.29 is 9.53 Å². The highest BCUT2D eigenvalue weighted by Gasteiger charge is 2.17. The van der Waals surface area contributed by atoms with Crippen LogP contribution in [0, 0.1) is 0 Å². The topological polar surface area (TPSA) is 41.6 Å². The molecule has 0 saturated heterocycles. The number of ether oxygens (including phenoxy) is 1. The average Bonchev–Trinajstić information content (AvgIpc) is 2.59. The first-order valence-electron chi connectivity index (χ1n) is 7.10. The van der Waals surface area contributed by atoms with Gasteiger partial charge in [-0.1, -0.05) is 24.3 Å². The smallest absolute Gasteiger partial charge is 0.330 e. The summed E-state index contributed by atoms with van der Waals surface area (Å²) in [5.74, 6) is -0.276. The van der Waals surface area contributed by atoms with Gasteiger partial charge in [-0.05, 0) is 25.5 Å². The van der Waals surface area contributed by atoms with Gasteiger partial charge in [0.25, 0.3) is 0 Å². The van der Waals surface area contributed by atoms with Crippen molar-refractivity contribution >= 4 is 11.7 Å². The summed E-state index contributed by atoms with van der Waals surface area (Å²) >= 11 is 0. The number of fused-ring (bicyclic) bond motifs is 1. The molecule has 0 fully saturated rings. The van der Waals surface area contributed by atoms with E-state index in [4.69, 9.17) is 4.74 Å². The number of rotatable bonds is 4. The molecular weight excluding hydrogens is 252 g/mol. The summed E-state index contributed by atoms with van der Waals surface area (Å²) in [7, 11) is 0. The number of carbonyl (C=O) groups is 1. The Labute approximate surface area is 120 Å². The van der Waals surface area contributed by atoms with Crippen molar-refractivity contribution in [3.63, 3.8) is 0 Å². The largest absolute Gasteiger partial charge is 0.463 e. The van der Waals surface area contributed by atoms with Gasteiger partial charge in [-0.15, -0.1) is 0 Å². The van der Waals surface area contributed by atoms with Crippen molar-refractivity contribution in [2.75, 3.05) is 24.6 Å². The van der Waals surface area contributed by atoms with Crippen molar-refractivity contribution in [2.45, 2.75) is 26.4 Å². The fraction of sp³-hybridized carbons (Fsp3) is 0.438. The molecule has 4 nitrogen and oxygen atoms in total. The standard InChI is InChI=1S/C16H22N2O2/c1-3-20-16(19)9-6-10-18-12-13(2)17-11-14-7-4-5-8-15(14)18/h4-9,13,17H,3,10-12H2,1-2H3/b9-6+. The molecule has 1 unspecified atom stereocenters. The molecule has 0 bridgehead atoms. The number of hydrogen-bond donors (Lipinski definition) is 1. The van der Waals surface area contributed by atoms with Crippen LogP contribution in [-0.4, -0.2) is 31.7 Å². The van der Waals surface area contributed by atoms with E-state index in [1.54, 1.807) is 0 Å². The Hall–Kier alpha value is -1.81. The molecule has 0 amide bonds.